The molecule has 5 aromatic heterocycles. The Morgan fingerprint density at radius 3 is 1.82 bits per heavy atom. The molecule has 9 rings (SSSR count). The Bertz CT molecular complexity index is 2630. The van der Waals surface area contributed by atoms with Gasteiger partial charge in [0.15, 0.2) is 0 Å². The molecule has 0 aliphatic carbocycles. The molecule has 0 atom stereocenters. The highest BCUT2D eigenvalue weighted by molar-refractivity contribution is 6.09. The summed E-state index contributed by atoms with van der Waals surface area (Å²) in [4.78, 5) is 13.4. The number of nitrogens with zero attached hydrogens (tertiary/aromatic N) is 5. The Morgan fingerprint density at radius 2 is 1.16 bits per heavy atom. The van der Waals surface area contributed by atoms with Gasteiger partial charge >= 0.3 is 0 Å². The van der Waals surface area contributed by atoms with Crippen LogP contribution in [0.3, 0.4) is 0 Å². The van der Waals surface area contributed by atoms with Gasteiger partial charge in [0.05, 0.1) is 22.1 Å². The standard InChI is InChI=1S/C44H32N6/c45-40(32-8-7-10-35(26-32)50-42-14-4-2-12-37(42)39-29-47-25-22-44(39)50)27-31(15-18-33-9-5-6-23-48-33)30-16-19-34(20-17-30)49-41-13-3-1-11-36(41)38-28-46-24-21-43(38)49/h1-17,19-29H,18,45H2/b31-15+,40-27-. The average molecular weight is 645 g/mol. The number of nitrogens with two attached hydrogens (primary N) is 1. The highest BCUT2D eigenvalue weighted by atomic mass is 15.0. The van der Waals surface area contributed by atoms with Gasteiger partial charge in [-0.25, -0.2) is 0 Å². The zero-order valence-corrected chi connectivity index (χ0v) is 27.2. The third-order valence-electron chi connectivity index (χ3n) is 9.41. The lowest BCUT2D eigenvalue weighted by atomic mass is 10.00. The molecule has 0 amide bonds. The molecule has 5 heterocycles. The number of aromatic nitrogens is 5. The molecule has 0 saturated heterocycles. The molecule has 4 aromatic carbocycles. The molecule has 0 saturated carbocycles. The number of para-hydroxylation sites is 2. The van der Waals surface area contributed by atoms with Crippen LogP contribution in [0.5, 0.6) is 0 Å². The lowest BCUT2D eigenvalue weighted by Gasteiger charge is -2.12. The average Bonchev–Trinajstić information content (AvgIpc) is 3.70. The second-order valence-corrected chi connectivity index (χ2v) is 12.4. The van der Waals surface area contributed by atoms with E-state index in [0.29, 0.717) is 12.1 Å². The minimum atomic E-state index is 0.678. The molecule has 0 aliphatic heterocycles. The van der Waals surface area contributed by atoms with Crippen LogP contribution < -0.4 is 5.73 Å². The van der Waals surface area contributed by atoms with E-state index in [4.69, 9.17) is 5.73 Å². The number of hydrogen-bond donors (Lipinski definition) is 1. The van der Waals surface area contributed by atoms with Gasteiger partial charge in [0.2, 0.25) is 0 Å². The number of fused-ring (bicyclic) bond motifs is 6. The SMILES string of the molecule is N/C(=C\C(=C/Cc1ccccn1)c1ccc(-n2c3ccccc3c3cnccc32)cc1)c1cccc(-n2c3ccccc3c3cnccc32)c1. The van der Waals surface area contributed by atoms with Gasteiger partial charge in [-0.2, -0.15) is 0 Å². The summed E-state index contributed by atoms with van der Waals surface area (Å²) in [5.41, 5.74) is 18.3. The Hall–Kier alpha value is -6.79. The molecular weight excluding hydrogens is 613 g/mol. The number of hydrogen-bond acceptors (Lipinski definition) is 4. The molecule has 0 unspecified atom stereocenters. The summed E-state index contributed by atoms with van der Waals surface area (Å²) in [7, 11) is 0. The van der Waals surface area contributed by atoms with Gasteiger partial charge in [0, 0.05) is 81.7 Å². The van der Waals surface area contributed by atoms with Crippen molar-refractivity contribution in [2.24, 2.45) is 5.73 Å². The fourth-order valence-corrected chi connectivity index (χ4v) is 7.06. The van der Waals surface area contributed by atoms with Crippen molar-refractivity contribution >= 4 is 54.9 Å². The molecule has 0 fully saturated rings. The zero-order valence-electron chi connectivity index (χ0n) is 27.2. The Kier molecular flexibility index (Phi) is 7.25. The van der Waals surface area contributed by atoms with Crippen LogP contribution in [-0.2, 0) is 6.42 Å². The Labute approximate surface area is 289 Å². The maximum atomic E-state index is 6.96. The Morgan fingerprint density at radius 1 is 0.540 bits per heavy atom. The van der Waals surface area contributed by atoms with E-state index in [1.54, 1.807) is 0 Å². The molecule has 9 aromatic rings. The van der Waals surface area contributed by atoms with E-state index in [1.165, 1.54) is 10.8 Å². The van der Waals surface area contributed by atoms with Crippen molar-refractivity contribution in [1.29, 1.82) is 0 Å². The lowest BCUT2D eigenvalue weighted by Crippen LogP contribution is -2.01. The maximum absolute atomic E-state index is 6.96. The van der Waals surface area contributed by atoms with Gasteiger partial charge in [-0.15, -0.1) is 0 Å². The van der Waals surface area contributed by atoms with E-state index >= 15 is 0 Å². The van der Waals surface area contributed by atoms with Crippen LogP contribution in [0.15, 0.2) is 171 Å². The van der Waals surface area contributed by atoms with Crippen LogP contribution >= 0.6 is 0 Å². The first-order valence-electron chi connectivity index (χ1n) is 16.7. The van der Waals surface area contributed by atoms with Crippen molar-refractivity contribution in [2.45, 2.75) is 6.42 Å². The van der Waals surface area contributed by atoms with Crippen molar-refractivity contribution in [3.05, 3.63) is 187 Å². The van der Waals surface area contributed by atoms with Gasteiger partial charge in [0.1, 0.15) is 0 Å². The fourth-order valence-electron chi connectivity index (χ4n) is 7.06. The monoisotopic (exact) mass is 644 g/mol. The topological polar surface area (TPSA) is 74.5 Å². The molecule has 6 heteroatoms. The van der Waals surface area contributed by atoms with Gasteiger partial charge < -0.3 is 14.9 Å². The second kappa shape index (κ2) is 12.3. The molecule has 6 nitrogen and oxygen atoms in total. The minimum absolute atomic E-state index is 0.678. The molecule has 2 N–H and O–H groups in total. The smallest absolute Gasteiger partial charge is 0.0571 e. The van der Waals surface area contributed by atoms with Crippen LogP contribution in [0.4, 0.5) is 0 Å². The summed E-state index contributed by atoms with van der Waals surface area (Å²) in [5, 5.41) is 4.62. The fraction of sp³-hybridized carbons (Fsp3) is 0.0227. The van der Waals surface area contributed by atoms with Crippen molar-refractivity contribution in [3.63, 3.8) is 0 Å². The van der Waals surface area contributed by atoms with Crippen LogP contribution in [0.2, 0.25) is 0 Å². The first-order valence-corrected chi connectivity index (χ1v) is 16.7. The maximum Gasteiger partial charge on any atom is 0.0571 e. The predicted octanol–water partition coefficient (Wildman–Crippen LogP) is 9.69. The molecule has 0 spiro atoms. The molecular formula is C44H32N6. The summed E-state index contributed by atoms with van der Waals surface area (Å²) in [5.74, 6) is 0. The van der Waals surface area contributed by atoms with E-state index in [1.807, 2.05) is 49.2 Å². The van der Waals surface area contributed by atoms with Crippen LogP contribution in [0.25, 0.3) is 66.3 Å². The number of pyridine rings is 3. The quantitative estimate of drug-likeness (QED) is 0.175. The van der Waals surface area contributed by atoms with Gasteiger partial charge in [-0.1, -0.05) is 72.8 Å². The van der Waals surface area contributed by atoms with Gasteiger partial charge in [0.25, 0.3) is 0 Å². The summed E-state index contributed by atoms with van der Waals surface area (Å²) in [6.07, 6.45) is 14.4. The molecule has 0 bridgehead atoms. The third-order valence-corrected chi connectivity index (χ3v) is 9.41. The highest BCUT2D eigenvalue weighted by Gasteiger charge is 2.14. The molecule has 238 valence electrons. The largest absolute Gasteiger partial charge is 0.398 e. The number of allylic oxidation sites excluding steroid dienone is 3. The van der Waals surface area contributed by atoms with E-state index in [-0.39, 0.29) is 0 Å². The first kappa shape index (κ1) is 29.4. The van der Waals surface area contributed by atoms with Crippen molar-refractivity contribution in [1.82, 2.24) is 24.1 Å². The molecule has 0 aliphatic rings. The van der Waals surface area contributed by atoms with Crippen LogP contribution in [-0.4, -0.2) is 24.1 Å². The summed E-state index contributed by atoms with van der Waals surface area (Å²) < 4.78 is 4.58. The van der Waals surface area contributed by atoms with E-state index < -0.39 is 0 Å². The lowest BCUT2D eigenvalue weighted by molar-refractivity contribution is 1.11. The summed E-state index contributed by atoms with van der Waals surface area (Å²) in [6, 6.07) is 44.2. The molecule has 50 heavy (non-hydrogen) atoms. The summed E-state index contributed by atoms with van der Waals surface area (Å²) >= 11 is 0. The highest BCUT2D eigenvalue weighted by Crippen LogP contribution is 2.34. The van der Waals surface area contributed by atoms with E-state index in [2.05, 4.69) is 145 Å². The van der Waals surface area contributed by atoms with Crippen LogP contribution in [0, 0.1) is 0 Å². The summed E-state index contributed by atoms with van der Waals surface area (Å²) in [6.45, 7) is 0. The third kappa shape index (κ3) is 5.11. The second-order valence-electron chi connectivity index (χ2n) is 12.4. The predicted molar refractivity (Wildman–Crippen MR) is 205 cm³/mol. The normalized spacial score (nSPS) is 12.4. The van der Waals surface area contributed by atoms with Crippen molar-refractivity contribution < 1.29 is 0 Å². The molecule has 0 radical (unpaired) electrons. The Balaban J connectivity index is 1.12. The number of benzene rings is 4. The van der Waals surface area contributed by atoms with E-state index in [0.717, 1.165) is 66.6 Å². The van der Waals surface area contributed by atoms with Gasteiger partial charge in [-0.05, 0) is 83.4 Å². The zero-order chi connectivity index (χ0) is 33.4. The van der Waals surface area contributed by atoms with Crippen LogP contribution in [0.1, 0.15) is 16.8 Å². The van der Waals surface area contributed by atoms with Gasteiger partial charge in [-0.3, -0.25) is 15.0 Å². The first-order chi connectivity index (χ1) is 24.7. The minimum Gasteiger partial charge on any atom is -0.398 e. The van der Waals surface area contributed by atoms with E-state index in [9.17, 15) is 0 Å². The van der Waals surface area contributed by atoms with Crippen molar-refractivity contribution in [3.8, 4) is 11.4 Å². The number of rotatable bonds is 7. The van der Waals surface area contributed by atoms with Crippen molar-refractivity contribution in [2.75, 3.05) is 0 Å².